The highest BCUT2D eigenvalue weighted by Gasteiger charge is 2.11. The summed E-state index contributed by atoms with van der Waals surface area (Å²) in [7, 11) is 0. The van der Waals surface area contributed by atoms with E-state index in [0.29, 0.717) is 12.5 Å². The number of benzene rings is 1. The Morgan fingerprint density at radius 3 is 3.00 bits per heavy atom. The van der Waals surface area contributed by atoms with Gasteiger partial charge in [-0.05, 0) is 18.6 Å². The topological polar surface area (TPSA) is 61.0 Å². The molecule has 1 heterocycles. The summed E-state index contributed by atoms with van der Waals surface area (Å²) in [6.45, 7) is 2.80. The van der Waals surface area contributed by atoms with Gasteiger partial charge in [0.15, 0.2) is 0 Å². The van der Waals surface area contributed by atoms with Gasteiger partial charge in [0, 0.05) is 11.3 Å². The van der Waals surface area contributed by atoms with Crippen molar-refractivity contribution < 1.29 is 4.74 Å². The average molecular weight is 249 g/mol. The Hall–Kier alpha value is -1.62. The van der Waals surface area contributed by atoms with Crippen LogP contribution in [0.3, 0.4) is 0 Å². The Morgan fingerprint density at radius 2 is 2.24 bits per heavy atom. The number of hydrogen-bond acceptors (Lipinski definition) is 5. The molecular weight excluding hydrogens is 234 g/mol. The molecular formula is C12H15N3OS. The lowest BCUT2D eigenvalue weighted by molar-refractivity contribution is 0.301. The number of anilines is 1. The molecule has 1 aromatic heterocycles. The molecule has 0 fully saturated rings. The van der Waals surface area contributed by atoms with Crippen molar-refractivity contribution in [3.8, 4) is 17.1 Å². The maximum atomic E-state index is 5.75. The van der Waals surface area contributed by atoms with Crippen LogP contribution in [-0.2, 0) is 0 Å². The molecule has 2 rings (SSSR count). The first kappa shape index (κ1) is 11.9. The van der Waals surface area contributed by atoms with Gasteiger partial charge < -0.3 is 10.5 Å². The van der Waals surface area contributed by atoms with Gasteiger partial charge in [-0.3, -0.25) is 0 Å². The van der Waals surface area contributed by atoms with E-state index in [1.54, 1.807) is 0 Å². The van der Waals surface area contributed by atoms with E-state index < -0.39 is 0 Å². The minimum atomic E-state index is 0.606. The van der Waals surface area contributed by atoms with E-state index in [-0.39, 0.29) is 0 Å². The molecule has 90 valence electrons. The molecule has 0 saturated heterocycles. The van der Waals surface area contributed by atoms with Crippen molar-refractivity contribution in [2.45, 2.75) is 19.8 Å². The van der Waals surface area contributed by atoms with Crippen LogP contribution in [0.1, 0.15) is 19.8 Å². The minimum Gasteiger partial charge on any atom is -0.475 e. The molecule has 0 spiro atoms. The fraction of sp³-hybridized carbons (Fsp3) is 0.333. The summed E-state index contributed by atoms with van der Waals surface area (Å²) in [6, 6.07) is 7.59. The summed E-state index contributed by atoms with van der Waals surface area (Å²) in [5.41, 5.74) is 8.19. The van der Waals surface area contributed by atoms with Crippen LogP contribution in [0.15, 0.2) is 24.3 Å². The van der Waals surface area contributed by atoms with Crippen LogP contribution < -0.4 is 10.5 Å². The SMILES string of the molecule is CCCCOc1nsnc1-c1cccc(N)c1. The summed E-state index contributed by atoms with van der Waals surface area (Å²) >= 11 is 1.16. The van der Waals surface area contributed by atoms with Crippen LogP contribution >= 0.6 is 11.7 Å². The number of nitrogens with zero attached hydrogens (tertiary/aromatic N) is 2. The van der Waals surface area contributed by atoms with Gasteiger partial charge in [-0.2, -0.15) is 4.37 Å². The lowest BCUT2D eigenvalue weighted by atomic mass is 10.1. The molecule has 1 aromatic carbocycles. The Labute approximate surface area is 105 Å². The van der Waals surface area contributed by atoms with Crippen molar-refractivity contribution in [1.82, 2.24) is 8.75 Å². The van der Waals surface area contributed by atoms with E-state index in [9.17, 15) is 0 Å². The molecule has 5 heteroatoms. The summed E-state index contributed by atoms with van der Waals surface area (Å²) < 4.78 is 14.0. The quantitative estimate of drug-likeness (QED) is 0.653. The molecule has 0 atom stereocenters. The van der Waals surface area contributed by atoms with Gasteiger partial charge in [0.1, 0.15) is 5.69 Å². The van der Waals surface area contributed by atoms with E-state index >= 15 is 0 Å². The zero-order chi connectivity index (χ0) is 12.1. The zero-order valence-corrected chi connectivity index (χ0v) is 10.5. The summed E-state index contributed by atoms with van der Waals surface area (Å²) in [5, 5.41) is 0. The molecule has 4 nitrogen and oxygen atoms in total. The molecule has 0 radical (unpaired) electrons. The largest absolute Gasteiger partial charge is 0.475 e. The van der Waals surface area contributed by atoms with Crippen LogP contribution in [0.5, 0.6) is 5.88 Å². The van der Waals surface area contributed by atoms with Crippen molar-refractivity contribution >= 4 is 17.4 Å². The normalized spacial score (nSPS) is 10.4. The Balaban J connectivity index is 2.18. The highest BCUT2D eigenvalue weighted by molar-refractivity contribution is 6.99. The van der Waals surface area contributed by atoms with Crippen LogP contribution in [-0.4, -0.2) is 15.4 Å². The number of nitrogens with two attached hydrogens (primary N) is 1. The fourth-order valence-electron chi connectivity index (χ4n) is 1.45. The van der Waals surface area contributed by atoms with Gasteiger partial charge in [-0.15, -0.1) is 4.37 Å². The molecule has 0 aliphatic carbocycles. The monoisotopic (exact) mass is 249 g/mol. The molecule has 0 amide bonds. The van der Waals surface area contributed by atoms with E-state index in [1.807, 2.05) is 24.3 Å². The highest BCUT2D eigenvalue weighted by atomic mass is 32.1. The van der Waals surface area contributed by atoms with Crippen molar-refractivity contribution in [2.24, 2.45) is 0 Å². The van der Waals surface area contributed by atoms with Gasteiger partial charge in [0.2, 0.25) is 0 Å². The Kier molecular flexibility index (Phi) is 3.93. The maximum Gasteiger partial charge on any atom is 0.253 e. The van der Waals surface area contributed by atoms with Gasteiger partial charge in [-0.1, -0.05) is 25.5 Å². The lowest BCUT2D eigenvalue weighted by Gasteiger charge is -2.04. The second-order valence-corrected chi connectivity index (χ2v) is 4.27. The van der Waals surface area contributed by atoms with Crippen molar-refractivity contribution in [3.63, 3.8) is 0 Å². The van der Waals surface area contributed by atoms with E-state index in [0.717, 1.165) is 41.5 Å². The molecule has 2 N–H and O–H groups in total. The third-order valence-electron chi connectivity index (χ3n) is 2.36. The van der Waals surface area contributed by atoms with E-state index in [4.69, 9.17) is 10.5 Å². The van der Waals surface area contributed by atoms with E-state index in [2.05, 4.69) is 15.7 Å². The first-order chi connectivity index (χ1) is 8.31. The average Bonchev–Trinajstić information content (AvgIpc) is 2.78. The van der Waals surface area contributed by atoms with Gasteiger partial charge in [-0.25, -0.2) is 0 Å². The highest BCUT2D eigenvalue weighted by Crippen LogP contribution is 2.28. The number of rotatable bonds is 5. The van der Waals surface area contributed by atoms with E-state index in [1.165, 1.54) is 0 Å². The zero-order valence-electron chi connectivity index (χ0n) is 9.72. The molecule has 2 aromatic rings. The van der Waals surface area contributed by atoms with Crippen LogP contribution in [0, 0.1) is 0 Å². The summed E-state index contributed by atoms with van der Waals surface area (Å²) in [5.74, 6) is 0.606. The van der Waals surface area contributed by atoms with Gasteiger partial charge >= 0.3 is 0 Å². The standard InChI is InChI=1S/C12H15N3OS/c1-2-3-7-16-12-11(14-17-15-12)9-5-4-6-10(13)8-9/h4-6,8H,2-3,7,13H2,1H3. The second-order valence-electron chi connectivity index (χ2n) is 3.75. The first-order valence-electron chi connectivity index (χ1n) is 5.62. The Bertz CT molecular complexity index is 484. The summed E-state index contributed by atoms with van der Waals surface area (Å²) in [6.07, 6.45) is 2.12. The molecule has 0 bridgehead atoms. The number of unbranched alkanes of at least 4 members (excludes halogenated alkanes) is 1. The van der Waals surface area contributed by atoms with Crippen LogP contribution in [0.4, 0.5) is 5.69 Å². The molecule has 17 heavy (non-hydrogen) atoms. The number of ether oxygens (including phenoxy) is 1. The predicted octanol–water partition coefficient (Wildman–Crippen LogP) is 2.97. The minimum absolute atomic E-state index is 0.606. The lowest BCUT2D eigenvalue weighted by Crippen LogP contribution is -1.98. The van der Waals surface area contributed by atoms with Crippen molar-refractivity contribution in [2.75, 3.05) is 12.3 Å². The summed E-state index contributed by atoms with van der Waals surface area (Å²) in [4.78, 5) is 0. The molecule has 0 saturated carbocycles. The Morgan fingerprint density at radius 1 is 1.35 bits per heavy atom. The van der Waals surface area contributed by atoms with Gasteiger partial charge in [0.05, 0.1) is 18.3 Å². The molecule has 0 unspecified atom stereocenters. The first-order valence-corrected chi connectivity index (χ1v) is 6.35. The van der Waals surface area contributed by atoms with Crippen molar-refractivity contribution in [1.29, 1.82) is 0 Å². The smallest absolute Gasteiger partial charge is 0.253 e. The maximum absolute atomic E-state index is 5.75. The molecule has 0 aliphatic rings. The second kappa shape index (κ2) is 5.63. The predicted molar refractivity (Wildman–Crippen MR) is 70.2 cm³/mol. The number of hydrogen-bond donors (Lipinski definition) is 1. The van der Waals surface area contributed by atoms with Crippen LogP contribution in [0.2, 0.25) is 0 Å². The van der Waals surface area contributed by atoms with Crippen LogP contribution in [0.25, 0.3) is 11.3 Å². The fourth-order valence-corrected chi connectivity index (χ4v) is 1.97. The molecule has 0 aliphatic heterocycles. The van der Waals surface area contributed by atoms with Crippen molar-refractivity contribution in [3.05, 3.63) is 24.3 Å². The third kappa shape index (κ3) is 2.94. The third-order valence-corrected chi connectivity index (χ3v) is 2.87. The van der Waals surface area contributed by atoms with Gasteiger partial charge in [0.25, 0.3) is 5.88 Å². The number of nitrogen functional groups attached to an aromatic ring is 1. The number of aromatic nitrogens is 2.